The highest BCUT2D eigenvalue weighted by atomic mass is 32.1. The van der Waals surface area contributed by atoms with Crippen LogP contribution in [0.3, 0.4) is 0 Å². The van der Waals surface area contributed by atoms with Gasteiger partial charge in [-0.25, -0.2) is 4.79 Å². The summed E-state index contributed by atoms with van der Waals surface area (Å²) in [7, 11) is 0. The van der Waals surface area contributed by atoms with Gasteiger partial charge in [0.05, 0.1) is 5.56 Å². The van der Waals surface area contributed by atoms with Gasteiger partial charge in [0.1, 0.15) is 0 Å². The van der Waals surface area contributed by atoms with Gasteiger partial charge in [-0.2, -0.15) is 0 Å². The third-order valence-corrected chi connectivity index (χ3v) is 2.21. The molecule has 1 atom stereocenters. The summed E-state index contributed by atoms with van der Waals surface area (Å²) in [5.74, 6) is -0.961. The Morgan fingerprint density at radius 3 is 2.53 bits per heavy atom. The molecule has 0 fully saturated rings. The maximum Gasteiger partial charge on any atom is 0.335 e. The van der Waals surface area contributed by atoms with Crippen molar-refractivity contribution in [3.63, 3.8) is 0 Å². The normalized spacial score (nSPS) is 19.0. The molecular formula is C8H7N4O2S+. The van der Waals surface area contributed by atoms with Crippen molar-refractivity contribution in [2.24, 2.45) is 15.6 Å². The van der Waals surface area contributed by atoms with E-state index in [1.807, 2.05) is 0 Å². The molecule has 1 N–H and O–H groups in total. The summed E-state index contributed by atoms with van der Waals surface area (Å²) in [4.78, 5) is 10.6. The highest BCUT2D eigenvalue weighted by Gasteiger charge is 2.23. The van der Waals surface area contributed by atoms with Crippen molar-refractivity contribution >= 4 is 24.3 Å². The van der Waals surface area contributed by atoms with Crippen molar-refractivity contribution in [3.05, 3.63) is 29.8 Å². The number of thiol groups is 1. The second kappa shape index (κ2) is 3.77. The first-order chi connectivity index (χ1) is 7.18. The van der Waals surface area contributed by atoms with Gasteiger partial charge in [0.2, 0.25) is 5.22 Å². The maximum atomic E-state index is 10.6. The van der Waals surface area contributed by atoms with Crippen LogP contribution >= 0.6 is 12.6 Å². The minimum atomic E-state index is -0.961. The monoisotopic (exact) mass is 223 g/mol. The largest absolute Gasteiger partial charge is 0.478 e. The van der Waals surface area contributed by atoms with Crippen molar-refractivity contribution in [1.82, 2.24) is 0 Å². The van der Waals surface area contributed by atoms with Gasteiger partial charge in [-0.05, 0) is 24.3 Å². The first kappa shape index (κ1) is 9.78. The molecule has 1 aromatic rings. The Bertz CT molecular complexity index is 454. The molecular weight excluding hydrogens is 216 g/mol. The first-order valence-corrected chi connectivity index (χ1v) is 4.61. The Hall–Kier alpha value is -1.76. The average molecular weight is 223 g/mol. The molecule has 1 aliphatic heterocycles. The molecule has 15 heavy (non-hydrogen) atoms. The van der Waals surface area contributed by atoms with Crippen LogP contribution in [0.5, 0.6) is 0 Å². The lowest BCUT2D eigenvalue weighted by molar-refractivity contribution is -0.515. The third kappa shape index (κ3) is 1.86. The van der Waals surface area contributed by atoms with E-state index >= 15 is 0 Å². The molecule has 76 valence electrons. The van der Waals surface area contributed by atoms with Crippen LogP contribution in [0.4, 0.5) is 5.69 Å². The van der Waals surface area contributed by atoms with Crippen LogP contribution in [0, 0.1) is 0 Å². The predicted molar refractivity (Wildman–Crippen MR) is 53.4 cm³/mol. The number of hydrogen-bond acceptors (Lipinski definition) is 5. The number of hydrogen-bond donors (Lipinski definition) is 2. The zero-order valence-corrected chi connectivity index (χ0v) is 8.37. The van der Waals surface area contributed by atoms with Crippen molar-refractivity contribution < 1.29 is 14.6 Å². The molecule has 0 aromatic heterocycles. The molecule has 7 heteroatoms. The first-order valence-electron chi connectivity index (χ1n) is 4.10. The molecule has 0 spiro atoms. The minimum Gasteiger partial charge on any atom is -0.478 e. The Balaban J connectivity index is 2.28. The number of aromatic carboxylic acids is 1. The number of carbonyl (C=O) groups is 1. The zero-order chi connectivity index (χ0) is 10.8. The van der Waals surface area contributed by atoms with Crippen LogP contribution in [-0.4, -0.2) is 21.3 Å². The standard InChI is InChI=1S/C8H6N4O2S/c13-7(14)5-1-3-6(4-2-5)12-8(15)9-10-11-12/h1-4,8H,(H-,13,14,15)/p+1. The van der Waals surface area contributed by atoms with Crippen LogP contribution in [0.2, 0.25) is 0 Å². The van der Waals surface area contributed by atoms with Crippen LogP contribution < -0.4 is 0 Å². The van der Waals surface area contributed by atoms with Gasteiger partial charge >= 0.3 is 11.5 Å². The van der Waals surface area contributed by atoms with Crippen molar-refractivity contribution in [2.45, 2.75) is 5.50 Å². The minimum absolute atomic E-state index is 0.225. The van der Waals surface area contributed by atoms with E-state index in [4.69, 9.17) is 5.11 Å². The number of nitrogens with zero attached hydrogens (tertiary/aromatic N) is 4. The molecule has 6 nitrogen and oxygen atoms in total. The van der Waals surface area contributed by atoms with Gasteiger partial charge in [0.15, 0.2) is 10.9 Å². The Morgan fingerprint density at radius 1 is 1.40 bits per heavy atom. The van der Waals surface area contributed by atoms with Crippen LogP contribution in [0.15, 0.2) is 39.8 Å². The molecule has 0 bridgehead atoms. The number of benzene rings is 1. The van der Waals surface area contributed by atoms with Gasteiger partial charge in [-0.1, -0.05) is 4.70 Å². The fourth-order valence-corrected chi connectivity index (χ4v) is 1.37. The van der Waals surface area contributed by atoms with Crippen molar-refractivity contribution in [1.29, 1.82) is 0 Å². The van der Waals surface area contributed by atoms with Gasteiger partial charge in [-0.15, -0.1) is 12.6 Å². The predicted octanol–water partition coefficient (Wildman–Crippen LogP) is 2.08. The second-order valence-corrected chi connectivity index (χ2v) is 3.30. The summed E-state index contributed by atoms with van der Waals surface area (Å²) in [5.41, 5.74) is 0.480. The summed E-state index contributed by atoms with van der Waals surface area (Å²) in [6, 6.07) is 6.25. The van der Waals surface area contributed by atoms with E-state index in [1.54, 1.807) is 12.1 Å². The summed E-state index contributed by atoms with van der Waals surface area (Å²) in [5, 5.41) is 19.6. The van der Waals surface area contributed by atoms with Gasteiger partial charge < -0.3 is 5.11 Å². The molecule has 0 saturated heterocycles. The van der Waals surface area contributed by atoms with Crippen LogP contribution in [0.1, 0.15) is 10.4 Å². The average Bonchev–Trinajstić information content (AvgIpc) is 2.65. The zero-order valence-electron chi connectivity index (χ0n) is 7.48. The van der Waals surface area contributed by atoms with E-state index in [0.717, 1.165) is 0 Å². The maximum absolute atomic E-state index is 10.6. The molecule has 1 unspecified atom stereocenters. The van der Waals surface area contributed by atoms with Gasteiger partial charge in [0, 0.05) is 5.11 Å². The summed E-state index contributed by atoms with van der Waals surface area (Å²) >= 11 is 4.12. The van der Waals surface area contributed by atoms with E-state index in [1.165, 1.54) is 16.8 Å². The Kier molecular flexibility index (Phi) is 2.46. The lowest BCUT2D eigenvalue weighted by Gasteiger charge is -2.00. The molecule has 1 aliphatic rings. The summed E-state index contributed by atoms with van der Waals surface area (Å²) in [6.07, 6.45) is 0. The van der Waals surface area contributed by atoms with Crippen molar-refractivity contribution in [3.8, 4) is 0 Å². The topological polar surface area (TPSA) is 77.4 Å². The highest BCUT2D eigenvalue weighted by Crippen LogP contribution is 2.21. The molecule has 1 aromatic carbocycles. The van der Waals surface area contributed by atoms with Crippen LogP contribution in [0.25, 0.3) is 0 Å². The SMILES string of the molecule is O=C(O)c1ccc([N+]2=NN=NC2S)cc1. The molecule has 1 heterocycles. The molecule has 0 aliphatic carbocycles. The third-order valence-electron chi connectivity index (χ3n) is 1.89. The lowest BCUT2D eigenvalue weighted by Crippen LogP contribution is -2.08. The molecule has 2 rings (SSSR count). The van der Waals surface area contributed by atoms with Gasteiger partial charge in [-0.3, -0.25) is 0 Å². The quantitative estimate of drug-likeness (QED) is 0.594. The van der Waals surface area contributed by atoms with Crippen LogP contribution in [-0.2, 0) is 0 Å². The molecule has 0 amide bonds. The van der Waals surface area contributed by atoms with E-state index in [-0.39, 0.29) is 5.56 Å². The summed E-state index contributed by atoms with van der Waals surface area (Å²) in [6.45, 7) is 0. The smallest absolute Gasteiger partial charge is 0.335 e. The van der Waals surface area contributed by atoms with E-state index < -0.39 is 11.5 Å². The molecule has 0 radical (unpaired) electrons. The number of carboxylic acids is 1. The number of rotatable bonds is 2. The lowest BCUT2D eigenvalue weighted by atomic mass is 10.2. The second-order valence-electron chi connectivity index (χ2n) is 2.84. The van der Waals surface area contributed by atoms with Crippen molar-refractivity contribution in [2.75, 3.05) is 0 Å². The Morgan fingerprint density at radius 2 is 2.07 bits per heavy atom. The van der Waals surface area contributed by atoms with E-state index in [9.17, 15) is 4.79 Å². The number of carboxylic acid groups (broad SMARTS) is 1. The summed E-state index contributed by atoms with van der Waals surface area (Å²) < 4.78 is 1.48. The Labute approximate surface area is 90.3 Å². The highest BCUT2D eigenvalue weighted by molar-refractivity contribution is 7.80. The fraction of sp³-hybridized carbons (Fsp3) is 0.125. The fourth-order valence-electron chi connectivity index (χ4n) is 1.15. The van der Waals surface area contributed by atoms with Gasteiger partial charge in [0.25, 0.3) is 0 Å². The van der Waals surface area contributed by atoms with E-state index in [0.29, 0.717) is 5.69 Å². The van der Waals surface area contributed by atoms with E-state index in [2.05, 4.69) is 28.2 Å². The molecule has 0 saturated carbocycles.